The molecule has 0 aliphatic carbocycles. The number of carbonyl (C=O) groups is 1. The van der Waals surface area contributed by atoms with Gasteiger partial charge in [-0.25, -0.2) is 0 Å². The van der Waals surface area contributed by atoms with E-state index in [1.165, 1.54) is 0 Å². The molecule has 8 N–H and O–H groups in total. The van der Waals surface area contributed by atoms with Crippen LogP contribution in [0.2, 0.25) is 0 Å². The lowest BCUT2D eigenvalue weighted by atomic mass is 9.95. The smallest absolute Gasteiger partial charge is 0.217 e. The minimum atomic E-state index is -1.77. The quantitative estimate of drug-likeness (QED) is 0.226. The van der Waals surface area contributed by atoms with Crippen molar-refractivity contribution in [2.45, 2.75) is 68.3 Å². The molecule has 1 amide bonds. The lowest BCUT2D eigenvalue weighted by Gasteiger charge is -2.46. The van der Waals surface area contributed by atoms with Crippen LogP contribution in [0.3, 0.4) is 0 Å². The van der Waals surface area contributed by atoms with Crippen molar-refractivity contribution in [1.82, 2.24) is 5.32 Å². The summed E-state index contributed by atoms with van der Waals surface area (Å²) in [7, 11) is 0. The van der Waals surface area contributed by atoms with E-state index in [4.69, 9.17) is 14.2 Å². The maximum absolute atomic E-state index is 11.4. The molecule has 0 radical (unpaired) electrons. The molecule has 2 rings (SSSR count). The van der Waals surface area contributed by atoms with E-state index in [1.54, 1.807) is 0 Å². The van der Waals surface area contributed by atoms with Gasteiger partial charge in [-0.1, -0.05) is 0 Å². The van der Waals surface area contributed by atoms with Crippen LogP contribution in [0.25, 0.3) is 0 Å². The van der Waals surface area contributed by atoms with Crippen LogP contribution in [-0.4, -0.2) is 116 Å². The molecule has 0 aromatic carbocycles. The number of rotatable bonds is 5. The second-order valence-electron chi connectivity index (χ2n) is 6.26. The summed E-state index contributed by atoms with van der Waals surface area (Å²) in [6.07, 6.45) is -13.7. The molecule has 2 fully saturated rings. The van der Waals surface area contributed by atoms with E-state index in [0.717, 1.165) is 6.92 Å². The molecular formula is C14H25NO11. The molecule has 26 heavy (non-hydrogen) atoms. The van der Waals surface area contributed by atoms with Crippen LogP contribution in [0.4, 0.5) is 0 Å². The van der Waals surface area contributed by atoms with Crippen molar-refractivity contribution in [2.75, 3.05) is 13.2 Å². The van der Waals surface area contributed by atoms with Crippen molar-refractivity contribution < 1.29 is 54.8 Å². The van der Waals surface area contributed by atoms with Gasteiger partial charge in [0.15, 0.2) is 12.6 Å². The van der Waals surface area contributed by atoms with E-state index in [0.29, 0.717) is 0 Å². The van der Waals surface area contributed by atoms with E-state index in [1.807, 2.05) is 0 Å². The lowest BCUT2D eigenvalue weighted by Crippen LogP contribution is -2.67. The molecule has 0 spiro atoms. The summed E-state index contributed by atoms with van der Waals surface area (Å²) in [5, 5.41) is 70.8. The minimum Gasteiger partial charge on any atom is -0.394 e. The van der Waals surface area contributed by atoms with Crippen LogP contribution >= 0.6 is 0 Å². The molecule has 12 heteroatoms. The van der Waals surface area contributed by atoms with Crippen LogP contribution in [0, 0.1) is 0 Å². The van der Waals surface area contributed by atoms with Crippen molar-refractivity contribution in [3.63, 3.8) is 0 Å². The van der Waals surface area contributed by atoms with Gasteiger partial charge in [-0.15, -0.1) is 0 Å². The van der Waals surface area contributed by atoms with Crippen LogP contribution in [-0.2, 0) is 19.0 Å². The highest BCUT2D eigenvalue weighted by Gasteiger charge is 2.50. The summed E-state index contributed by atoms with van der Waals surface area (Å²) < 4.78 is 15.6. The zero-order valence-electron chi connectivity index (χ0n) is 14.0. The number of hydrogen-bond donors (Lipinski definition) is 8. The van der Waals surface area contributed by atoms with Crippen molar-refractivity contribution in [2.24, 2.45) is 0 Å². The molecule has 0 aromatic rings. The van der Waals surface area contributed by atoms with Crippen LogP contribution in [0.5, 0.6) is 0 Å². The first-order valence-corrected chi connectivity index (χ1v) is 8.06. The molecule has 2 aliphatic rings. The summed E-state index contributed by atoms with van der Waals surface area (Å²) in [6.45, 7) is -0.199. The van der Waals surface area contributed by atoms with Crippen molar-refractivity contribution in [1.29, 1.82) is 0 Å². The number of aliphatic hydroxyl groups is 7. The van der Waals surface area contributed by atoms with Gasteiger partial charge in [0.2, 0.25) is 5.91 Å². The Morgan fingerprint density at radius 1 is 0.923 bits per heavy atom. The SMILES string of the molecule is CC(=O)N[C@H]1[C@H](O[C@@H]2[C@@H](O)[C@@H](O)O[C@H](CO)[C@H]2O)O[C@H](CO)[C@@H](O)[C@@H]1O. The minimum absolute atomic E-state index is 0.581. The van der Waals surface area contributed by atoms with Crippen LogP contribution < -0.4 is 5.32 Å². The normalized spacial score (nSPS) is 46.8. The number of amides is 1. The number of nitrogens with one attached hydrogen (secondary N) is 1. The summed E-state index contributed by atoms with van der Waals surface area (Å²) in [6, 6.07) is -1.29. The third kappa shape index (κ3) is 4.31. The standard InChI is InChI=1S/C14H25NO11/c1-4(18)15-7-10(21)8(19)5(2-16)25-14(7)26-12-9(20)6(3-17)24-13(23)11(12)22/h5-14,16-17,19-23H,2-3H2,1H3,(H,15,18)/t5-,6-,7-,8-,9-,10-,11-,12+,13+,14+/m1/s1. The number of carbonyl (C=O) groups excluding carboxylic acids is 1. The largest absolute Gasteiger partial charge is 0.394 e. The summed E-state index contributed by atoms with van der Waals surface area (Å²) >= 11 is 0. The highest BCUT2D eigenvalue weighted by Crippen LogP contribution is 2.28. The van der Waals surface area contributed by atoms with Gasteiger partial charge in [-0.05, 0) is 0 Å². The maximum atomic E-state index is 11.4. The third-order valence-electron chi connectivity index (χ3n) is 4.38. The topological polar surface area (TPSA) is 198 Å². The molecule has 2 aliphatic heterocycles. The molecule has 2 saturated heterocycles. The monoisotopic (exact) mass is 383 g/mol. The molecule has 0 unspecified atom stereocenters. The Bertz CT molecular complexity index is 480. The van der Waals surface area contributed by atoms with E-state index in [-0.39, 0.29) is 0 Å². The fourth-order valence-electron chi connectivity index (χ4n) is 2.97. The molecule has 152 valence electrons. The molecule has 12 nitrogen and oxygen atoms in total. The molecule has 2 heterocycles. The van der Waals surface area contributed by atoms with E-state index >= 15 is 0 Å². The second kappa shape index (κ2) is 8.84. The Hall–Kier alpha value is -0.930. The molecule has 0 saturated carbocycles. The Kier molecular flexibility index (Phi) is 7.27. The van der Waals surface area contributed by atoms with Crippen molar-refractivity contribution in [3.05, 3.63) is 0 Å². The van der Waals surface area contributed by atoms with Crippen molar-refractivity contribution >= 4 is 5.91 Å². The van der Waals surface area contributed by atoms with Gasteiger partial charge < -0.3 is 55.3 Å². The van der Waals surface area contributed by atoms with Gasteiger partial charge in [0.25, 0.3) is 0 Å². The van der Waals surface area contributed by atoms with Crippen molar-refractivity contribution in [3.8, 4) is 0 Å². The Balaban J connectivity index is 2.22. The molecule has 10 atom stereocenters. The zero-order chi connectivity index (χ0) is 19.6. The third-order valence-corrected chi connectivity index (χ3v) is 4.38. The van der Waals surface area contributed by atoms with Crippen LogP contribution in [0.1, 0.15) is 6.92 Å². The van der Waals surface area contributed by atoms with E-state index in [2.05, 4.69) is 5.32 Å². The molecule has 0 aromatic heterocycles. The van der Waals surface area contributed by atoms with Gasteiger partial charge in [0.05, 0.1) is 13.2 Å². The number of hydrogen-bond acceptors (Lipinski definition) is 11. The van der Waals surface area contributed by atoms with Gasteiger partial charge in [-0.2, -0.15) is 0 Å². The molecule has 0 bridgehead atoms. The first-order chi connectivity index (χ1) is 12.2. The average Bonchev–Trinajstić information content (AvgIpc) is 2.60. The Morgan fingerprint density at radius 3 is 2.04 bits per heavy atom. The van der Waals surface area contributed by atoms with E-state index in [9.17, 15) is 40.5 Å². The lowest BCUT2D eigenvalue weighted by molar-refractivity contribution is -0.341. The van der Waals surface area contributed by atoms with Gasteiger partial charge in [-0.3, -0.25) is 4.79 Å². The maximum Gasteiger partial charge on any atom is 0.217 e. The summed E-state index contributed by atoms with van der Waals surface area (Å²) in [4.78, 5) is 11.4. The van der Waals surface area contributed by atoms with Crippen LogP contribution in [0.15, 0.2) is 0 Å². The van der Waals surface area contributed by atoms with Gasteiger partial charge in [0.1, 0.15) is 48.8 Å². The van der Waals surface area contributed by atoms with Gasteiger partial charge >= 0.3 is 0 Å². The predicted molar refractivity (Wildman–Crippen MR) is 80.2 cm³/mol. The number of aliphatic hydroxyl groups excluding tert-OH is 7. The van der Waals surface area contributed by atoms with Gasteiger partial charge in [0, 0.05) is 6.92 Å². The first kappa shape index (κ1) is 21.4. The predicted octanol–water partition coefficient (Wildman–Crippen LogP) is -5.25. The zero-order valence-corrected chi connectivity index (χ0v) is 14.0. The average molecular weight is 383 g/mol. The number of ether oxygens (including phenoxy) is 3. The fraction of sp³-hybridized carbons (Fsp3) is 0.929. The second-order valence-corrected chi connectivity index (χ2v) is 6.26. The Labute approximate surface area is 148 Å². The van der Waals surface area contributed by atoms with E-state index < -0.39 is 80.5 Å². The molecular weight excluding hydrogens is 358 g/mol. The summed E-state index contributed by atoms with van der Waals surface area (Å²) in [5.41, 5.74) is 0. The fourth-order valence-corrected chi connectivity index (χ4v) is 2.97. The highest BCUT2D eigenvalue weighted by molar-refractivity contribution is 5.73. The first-order valence-electron chi connectivity index (χ1n) is 8.06. The summed E-state index contributed by atoms with van der Waals surface area (Å²) in [5.74, 6) is -0.581. The Morgan fingerprint density at radius 2 is 1.50 bits per heavy atom. The highest BCUT2D eigenvalue weighted by atomic mass is 16.7.